The van der Waals surface area contributed by atoms with Crippen LogP contribution >= 0.6 is 0 Å². The SMILES string of the molecule is Cc1ccccc1OC(=O)CCCC(=O)O. The molecule has 0 aliphatic heterocycles. The molecule has 0 aliphatic carbocycles. The molecular weight excluding hydrogens is 208 g/mol. The van der Waals surface area contributed by atoms with Crippen LogP contribution in [-0.2, 0) is 9.59 Å². The number of esters is 1. The van der Waals surface area contributed by atoms with Crippen LogP contribution in [0, 0.1) is 6.92 Å². The Labute approximate surface area is 93.9 Å². The molecule has 0 spiro atoms. The van der Waals surface area contributed by atoms with Crippen molar-refractivity contribution >= 4 is 11.9 Å². The maximum absolute atomic E-state index is 11.3. The van der Waals surface area contributed by atoms with Crippen LogP contribution in [0.5, 0.6) is 5.75 Å². The number of carboxylic acid groups (broad SMARTS) is 1. The van der Waals surface area contributed by atoms with E-state index in [2.05, 4.69) is 0 Å². The molecule has 4 nitrogen and oxygen atoms in total. The number of ether oxygens (including phenoxy) is 1. The Balaban J connectivity index is 2.40. The summed E-state index contributed by atoms with van der Waals surface area (Å²) in [4.78, 5) is 21.6. The number of aryl methyl sites for hydroxylation is 1. The minimum absolute atomic E-state index is 0.0110. The first-order valence-electron chi connectivity index (χ1n) is 5.07. The van der Waals surface area contributed by atoms with Gasteiger partial charge in [0, 0.05) is 12.8 Å². The summed E-state index contributed by atoms with van der Waals surface area (Å²) in [5, 5.41) is 8.41. The van der Waals surface area contributed by atoms with Gasteiger partial charge in [-0.25, -0.2) is 0 Å². The van der Waals surface area contributed by atoms with Gasteiger partial charge in [-0.1, -0.05) is 18.2 Å². The van der Waals surface area contributed by atoms with Crippen molar-refractivity contribution in [3.05, 3.63) is 29.8 Å². The average Bonchev–Trinajstić information content (AvgIpc) is 2.21. The minimum atomic E-state index is -0.899. The van der Waals surface area contributed by atoms with Crippen LogP contribution in [-0.4, -0.2) is 17.0 Å². The van der Waals surface area contributed by atoms with Crippen molar-refractivity contribution in [1.29, 1.82) is 0 Å². The highest BCUT2D eigenvalue weighted by atomic mass is 16.5. The lowest BCUT2D eigenvalue weighted by atomic mass is 10.2. The number of hydrogen-bond acceptors (Lipinski definition) is 3. The first kappa shape index (κ1) is 12.2. The maximum atomic E-state index is 11.3. The molecule has 1 N–H and O–H groups in total. The predicted octanol–water partition coefficient (Wildman–Crippen LogP) is 2.16. The number of carbonyl (C=O) groups excluding carboxylic acids is 1. The Morgan fingerprint density at radius 1 is 1.25 bits per heavy atom. The summed E-state index contributed by atoms with van der Waals surface area (Å²) in [6, 6.07) is 7.20. The number of aliphatic carboxylic acids is 1. The van der Waals surface area contributed by atoms with E-state index in [1.54, 1.807) is 12.1 Å². The van der Waals surface area contributed by atoms with Crippen molar-refractivity contribution in [3.8, 4) is 5.75 Å². The topological polar surface area (TPSA) is 63.6 Å². The summed E-state index contributed by atoms with van der Waals surface area (Å²) >= 11 is 0. The number of benzene rings is 1. The fourth-order valence-electron chi connectivity index (χ4n) is 1.23. The number of hydrogen-bond donors (Lipinski definition) is 1. The zero-order valence-electron chi connectivity index (χ0n) is 9.10. The maximum Gasteiger partial charge on any atom is 0.311 e. The van der Waals surface area contributed by atoms with Gasteiger partial charge >= 0.3 is 11.9 Å². The van der Waals surface area contributed by atoms with Gasteiger partial charge in [0.2, 0.25) is 0 Å². The van der Waals surface area contributed by atoms with Gasteiger partial charge in [0.15, 0.2) is 0 Å². The molecule has 1 aromatic carbocycles. The van der Waals surface area contributed by atoms with E-state index in [-0.39, 0.29) is 12.8 Å². The van der Waals surface area contributed by atoms with E-state index in [1.807, 2.05) is 19.1 Å². The van der Waals surface area contributed by atoms with Gasteiger partial charge in [-0.2, -0.15) is 0 Å². The average molecular weight is 222 g/mol. The molecule has 0 aromatic heterocycles. The van der Waals surface area contributed by atoms with Crippen molar-refractivity contribution in [2.75, 3.05) is 0 Å². The minimum Gasteiger partial charge on any atom is -0.481 e. The summed E-state index contributed by atoms with van der Waals surface area (Å²) in [5.41, 5.74) is 0.883. The van der Waals surface area contributed by atoms with Gasteiger partial charge in [-0.15, -0.1) is 0 Å². The molecule has 0 aliphatic rings. The molecule has 0 radical (unpaired) electrons. The zero-order chi connectivity index (χ0) is 12.0. The zero-order valence-corrected chi connectivity index (χ0v) is 9.10. The number of carboxylic acids is 1. The van der Waals surface area contributed by atoms with Crippen LogP contribution in [0.25, 0.3) is 0 Å². The quantitative estimate of drug-likeness (QED) is 0.612. The standard InChI is InChI=1S/C12H14O4/c1-9-5-2-3-6-10(9)16-12(15)8-4-7-11(13)14/h2-3,5-6H,4,7-8H2,1H3,(H,13,14). The van der Waals surface area contributed by atoms with E-state index in [1.165, 1.54) is 0 Å². The fraction of sp³-hybridized carbons (Fsp3) is 0.333. The summed E-state index contributed by atoms with van der Waals surface area (Å²) in [5.74, 6) is -0.762. The molecule has 86 valence electrons. The van der Waals surface area contributed by atoms with Crippen molar-refractivity contribution < 1.29 is 19.4 Å². The number of rotatable bonds is 5. The van der Waals surface area contributed by atoms with Crippen LogP contribution in [0.2, 0.25) is 0 Å². The molecule has 1 aromatic rings. The van der Waals surface area contributed by atoms with Crippen LogP contribution in [0.15, 0.2) is 24.3 Å². The molecule has 0 unspecified atom stereocenters. The lowest BCUT2D eigenvalue weighted by Crippen LogP contribution is -2.09. The van der Waals surface area contributed by atoms with Crippen LogP contribution in [0.4, 0.5) is 0 Å². The Hall–Kier alpha value is -1.84. The normalized spacial score (nSPS) is 9.81. The molecule has 4 heteroatoms. The van der Waals surface area contributed by atoms with E-state index >= 15 is 0 Å². The highest BCUT2D eigenvalue weighted by molar-refractivity contribution is 5.74. The monoisotopic (exact) mass is 222 g/mol. The van der Waals surface area contributed by atoms with Gasteiger partial charge < -0.3 is 9.84 Å². The molecule has 0 heterocycles. The van der Waals surface area contributed by atoms with Crippen molar-refractivity contribution in [2.24, 2.45) is 0 Å². The number of para-hydroxylation sites is 1. The van der Waals surface area contributed by atoms with Crippen LogP contribution < -0.4 is 4.74 Å². The second kappa shape index (κ2) is 5.90. The third-order valence-electron chi connectivity index (χ3n) is 2.09. The molecular formula is C12H14O4. The van der Waals surface area contributed by atoms with Crippen LogP contribution in [0.3, 0.4) is 0 Å². The van der Waals surface area contributed by atoms with E-state index in [9.17, 15) is 9.59 Å². The number of carbonyl (C=O) groups is 2. The highest BCUT2D eigenvalue weighted by Crippen LogP contribution is 2.17. The van der Waals surface area contributed by atoms with Crippen molar-refractivity contribution in [1.82, 2.24) is 0 Å². The van der Waals surface area contributed by atoms with E-state index in [0.717, 1.165) is 5.56 Å². The third kappa shape index (κ3) is 4.13. The van der Waals surface area contributed by atoms with Gasteiger partial charge in [0.05, 0.1) is 0 Å². The molecule has 0 bridgehead atoms. The molecule has 1 rings (SSSR count). The summed E-state index contributed by atoms with van der Waals surface area (Å²) in [6.07, 6.45) is 0.420. The molecule has 16 heavy (non-hydrogen) atoms. The van der Waals surface area contributed by atoms with Gasteiger partial charge in [-0.3, -0.25) is 9.59 Å². The lowest BCUT2D eigenvalue weighted by molar-refractivity contribution is -0.137. The molecule has 0 amide bonds. The summed E-state index contributed by atoms with van der Waals surface area (Å²) < 4.78 is 5.10. The first-order chi connectivity index (χ1) is 7.59. The Morgan fingerprint density at radius 3 is 2.56 bits per heavy atom. The van der Waals surface area contributed by atoms with E-state index in [4.69, 9.17) is 9.84 Å². The summed E-state index contributed by atoms with van der Waals surface area (Å²) in [6.45, 7) is 1.85. The smallest absolute Gasteiger partial charge is 0.311 e. The van der Waals surface area contributed by atoms with Crippen molar-refractivity contribution in [2.45, 2.75) is 26.2 Å². The Kier molecular flexibility index (Phi) is 4.51. The predicted molar refractivity (Wildman–Crippen MR) is 58.3 cm³/mol. The van der Waals surface area contributed by atoms with Gasteiger partial charge in [0.1, 0.15) is 5.75 Å². The van der Waals surface area contributed by atoms with Gasteiger partial charge in [-0.05, 0) is 25.0 Å². The fourth-order valence-corrected chi connectivity index (χ4v) is 1.23. The van der Waals surface area contributed by atoms with E-state index < -0.39 is 11.9 Å². The third-order valence-corrected chi connectivity index (χ3v) is 2.09. The molecule has 0 saturated heterocycles. The largest absolute Gasteiger partial charge is 0.481 e. The molecule has 0 saturated carbocycles. The van der Waals surface area contributed by atoms with E-state index in [0.29, 0.717) is 12.2 Å². The van der Waals surface area contributed by atoms with Crippen LogP contribution in [0.1, 0.15) is 24.8 Å². The second-order valence-corrected chi connectivity index (χ2v) is 3.49. The van der Waals surface area contributed by atoms with Crippen molar-refractivity contribution in [3.63, 3.8) is 0 Å². The van der Waals surface area contributed by atoms with Gasteiger partial charge in [0.25, 0.3) is 0 Å². The highest BCUT2D eigenvalue weighted by Gasteiger charge is 2.07. The molecule has 0 fully saturated rings. The first-order valence-corrected chi connectivity index (χ1v) is 5.07. The molecule has 0 atom stereocenters. The lowest BCUT2D eigenvalue weighted by Gasteiger charge is -2.06. The Bertz CT molecular complexity index is 384. The Morgan fingerprint density at radius 2 is 1.94 bits per heavy atom. The summed E-state index contributed by atoms with van der Waals surface area (Å²) in [7, 11) is 0. The second-order valence-electron chi connectivity index (χ2n) is 3.49.